The Labute approximate surface area is 151 Å². The maximum atomic E-state index is 12.9. The van der Waals surface area contributed by atoms with Crippen LogP contribution in [0.4, 0.5) is 16.2 Å². The van der Waals surface area contributed by atoms with Gasteiger partial charge < -0.3 is 10.6 Å². The molecule has 3 aromatic rings. The van der Waals surface area contributed by atoms with Crippen molar-refractivity contribution in [1.29, 1.82) is 0 Å². The van der Waals surface area contributed by atoms with E-state index in [0.717, 1.165) is 23.4 Å². The van der Waals surface area contributed by atoms with Crippen LogP contribution in [0.15, 0.2) is 60.8 Å². The summed E-state index contributed by atoms with van der Waals surface area (Å²) >= 11 is 5.88. The third-order valence-corrected chi connectivity index (χ3v) is 3.90. The van der Waals surface area contributed by atoms with Crippen LogP contribution in [-0.4, -0.2) is 16.5 Å². The summed E-state index contributed by atoms with van der Waals surface area (Å²) in [5, 5.41) is 7.15. The molecule has 0 atom stereocenters. The van der Waals surface area contributed by atoms with Crippen molar-refractivity contribution in [2.75, 3.05) is 17.2 Å². The van der Waals surface area contributed by atoms with E-state index in [9.17, 15) is 4.39 Å². The highest BCUT2D eigenvalue weighted by molar-refractivity contribution is 6.30. The molecule has 3 rings (SSSR count). The lowest BCUT2D eigenvalue weighted by atomic mass is 10.1. The summed E-state index contributed by atoms with van der Waals surface area (Å²) in [5.41, 5.74) is 2.17. The minimum Gasteiger partial charge on any atom is -0.370 e. The molecule has 0 aliphatic heterocycles. The van der Waals surface area contributed by atoms with Crippen molar-refractivity contribution >= 4 is 23.4 Å². The molecular formula is C19H18ClFN4. The number of nitrogens with one attached hydrogen (secondary N) is 2. The van der Waals surface area contributed by atoms with E-state index in [1.54, 1.807) is 18.3 Å². The van der Waals surface area contributed by atoms with Gasteiger partial charge in [0.25, 0.3) is 0 Å². The monoisotopic (exact) mass is 356 g/mol. The molecule has 1 heterocycles. The van der Waals surface area contributed by atoms with Crippen LogP contribution in [0, 0.1) is 5.82 Å². The van der Waals surface area contributed by atoms with Gasteiger partial charge in [-0.25, -0.2) is 9.37 Å². The molecule has 128 valence electrons. The third-order valence-electron chi connectivity index (χ3n) is 3.65. The van der Waals surface area contributed by atoms with Crippen LogP contribution < -0.4 is 10.6 Å². The first-order chi connectivity index (χ1) is 12.2. The van der Waals surface area contributed by atoms with Crippen molar-refractivity contribution in [3.63, 3.8) is 0 Å². The Bertz CT molecular complexity index is 806. The van der Waals surface area contributed by atoms with E-state index < -0.39 is 0 Å². The highest BCUT2D eigenvalue weighted by atomic mass is 35.5. The van der Waals surface area contributed by atoms with Crippen molar-refractivity contribution < 1.29 is 4.39 Å². The predicted molar refractivity (Wildman–Crippen MR) is 99.4 cm³/mol. The van der Waals surface area contributed by atoms with Crippen LogP contribution in [-0.2, 0) is 13.0 Å². The van der Waals surface area contributed by atoms with Gasteiger partial charge in [0, 0.05) is 24.3 Å². The lowest BCUT2D eigenvalue weighted by molar-refractivity contribution is 0.627. The summed E-state index contributed by atoms with van der Waals surface area (Å²) in [6.07, 6.45) is 2.50. The van der Waals surface area contributed by atoms with E-state index in [2.05, 4.69) is 20.6 Å². The maximum absolute atomic E-state index is 12.9. The molecule has 0 saturated heterocycles. The van der Waals surface area contributed by atoms with Crippen LogP contribution in [0.1, 0.15) is 11.1 Å². The zero-order chi connectivity index (χ0) is 17.5. The van der Waals surface area contributed by atoms with Crippen LogP contribution in [0.3, 0.4) is 0 Å². The van der Waals surface area contributed by atoms with Crippen molar-refractivity contribution in [1.82, 2.24) is 9.97 Å². The predicted octanol–water partition coefficient (Wildman–Crippen LogP) is 4.54. The fourth-order valence-electron chi connectivity index (χ4n) is 2.31. The molecule has 0 unspecified atom stereocenters. The summed E-state index contributed by atoms with van der Waals surface area (Å²) < 4.78 is 12.9. The molecule has 0 spiro atoms. The Morgan fingerprint density at radius 1 is 0.880 bits per heavy atom. The van der Waals surface area contributed by atoms with Crippen LogP contribution in [0.25, 0.3) is 0 Å². The number of anilines is 2. The average Bonchev–Trinajstić information content (AvgIpc) is 2.63. The molecule has 4 nitrogen and oxygen atoms in total. The summed E-state index contributed by atoms with van der Waals surface area (Å²) in [7, 11) is 0. The Kier molecular flexibility index (Phi) is 5.80. The van der Waals surface area contributed by atoms with Crippen molar-refractivity contribution in [2.45, 2.75) is 13.0 Å². The minimum atomic E-state index is -0.219. The van der Waals surface area contributed by atoms with E-state index in [1.807, 2.05) is 30.3 Å². The van der Waals surface area contributed by atoms with Gasteiger partial charge in [0.2, 0.25) is 5.95 Å². The van der Waals surface area contributed by atoms with Gasteiger partial charge in [0.05, 0.1) is 0 Å². The van der Waals surface area contributed by atoms with Crippen LogP contribution in [0.5, 0.6) is 0 Å². The van der Waals surface area contributed by atoms with E-state index in [1.165, 1.54) is 12.1 Å². The Hall–Kier alpha value is -2.66. The number of nitrogens with zero attached hydrogens (tertiary/aromatic N) is 2. The van der Waals surface area contributed by atoms with Crippen molar-refractivity contribution in [2.24, 2.45) is 0 Å². The zero-order valence-electron chi connectivity index (χ0n) is 13.5. The lowest BCUT2D eigenvalue weighted by Crippen LogP contribution is -2.09. The smallest absolute Gasteiger partial charge is 0.224 e. The molecule has 1 aromatic heterocycles. The second-order valence-corrected chi connectivity index (χ2v) is 5.99. The average molecular weight is 357 g/mol. The first kappa shape index (κ1) is 17.2. The quantitative estimate of drug-likeness (QED) is 0.652. The number of rotatable bonds is 7. The molecule has 0 aliphatic carbocycles. The van der Waals surface area contributed by atoms with E-state index in [-0.39, 0.29) is 5.82 Å². The maximum Gasteiger partial charge on any atom is 0.224 e. The van der Waals surface area contributed by atoms with Gasteiger partial charge in [-0.3, -0.25) is 0 Å². The second kappa shape index (κ2) is 8.44. The molecule has 0 bridgehead atoms. The molecule has 0 aliphatic rings. The number of halogens is 2. The molecule has 2 aromatic carbocycles. The van der Waals surface area contributed by atoms with Crippen LogP contribution in [0.2, 0.25) is 5.02 Å². The van der Waals surface area contributed by atoms with Crippen molar-refractivity contribution in [3.8, 4) is 0 Å². The number of hydrogen-bond donors (Lipinski definition) is 2. The Morgan fingerprint density at radius 2 is 1.60 bits per heavy atom. The van der Waals surface area contributed by atoms with E-state index in [4.69, 9.17) is 11.6 Å². The second-order valence-electron chi connectivity index (χ2n) is 5.55. The SMILES string of the molecule is Fc1ccc(CCNc2ccnc(NCc3ccc(Cl)cc3)n2)cc1. The zero-order valence-corrected chi connectivity index (χ0v) is 14.3. The van der Waals surface area contributed by atoms with Crippen molar-refractivity contribution in [3.05, 3.63) is 82.8 Å². The number of hydrogen-bond acceptors (Lipinski definition) is 4. The third kappa shape index (κ3) is 5.43. The number of aromatic nitrogens is 2. The summed E-state index contributed by atoms with van der Waals surface area (Å²) in [5.74, 6) is 1.08. The summed E-state index contributed by atoms with van der Waals surface area (Å²) in [4.78, 5) is 8.65. The first-order valence-corrected chi connectivity index (χ1v) is 8.36. The van der Waals surface area contributed by atoms with E-state index >= 15 is 0 Å². The van der Waals surface area contributed by atoms with Gasteiger partial charge in [0.1, 0.15) is 11.6 Å². The molecule has 0 amide bonds. The summed E-state index contributed by atoms with van der Waals surface area (Å²) in [6.45, 7) is 1.33. The lowest BCUT2D eigenvalue weighted by Gasteiger charge is -2.09. The minimum absolute atomic E-state index is 0.219. The van der Waals surface area contributed by atoms with Gasteiger partial charge in [-0.1, -0.05) is 35.9 Å². The molecule has 0 saturated carbocycles. The van der Waals surface area contributed by atoms with Gasteiger partial charge in [-0.05, 0) is 47.9 Å². The largest absolute Gasteiger partial charge is 0.370 e. The highest BCUT2D eigenvalue weighted by Gasteiger charge is 2.00. The highest BCUT2D eigenvalue weighted by Crippen LogP contribution is 2.12. The Morgan fingerprint density at radius 3 is 2.36 bits per heavy atom. The molecular weight excluding hydrogens is 339 g/mol. The molecule has 0 radical (unpaired) electrons. The van der Waals surface area contributed by atoms with Crippen LogP contribution >= 0.6 is 11.6 Å². The fourth-order valence-corrected chi connectivity index (χ4v) is 2.44. The van der Waals surface area contributed by atoms with Gasteiger partial charge in [0.15, 0.2) is 0 Å². The van der Waals surface area contributed by atoms with Gasteiger partial charge in [-0.15, -0.1) is 0 Å². The molecule has 6 heteroatoms. The standard InChI is InChI=1S/C19H18ClFN4/c20-16-5-1-15(2-6-16)13-24-19-23-12-10-18(25-19)22-11-9-14-3-7-17(21)8-4-14/h1-8,10,12H,9,11,13H2,(H2,22,23,24,25). The van der Waals surface area contributed by atoms with E-state index in [0.29, 0.717) is 24.1 Å². The normalized spacial score (nSPS) is 10.5. The first-order valence-electron chi connectivity index (χ1n) is 7.99. The molecule has 25 heavy (non-hydrogen) atoms. The summed E-state index contributed by atoms with van der Waals surface area (Å²) in [6, 6.07) is 16.0. The number of benzene rings is 2. The van der Waals surface area contributed by atoms with Gasteiger partial charge >= 0.3 is 0 Å². The fraction of sp³-hybridized carbons (Fsp3) is 0.158. The van der Waals surface area contributed by atoms with Gasteiger partial charge in [-0.2, -0.15) is 4.98 Å². The molecule has 0 fully saturated rings. The molecule has 2 N–H and O–H groups in total. The Balaban J connectivity index is 1.50. The topological polar surface area (TPSA) is 49.8 Å².